The lowest BCUT2D eigenvalue weighted by Crippen LogP contribution is -2.38. The summed E-state index contributed by atoms with van der Waals surface area (Å²) >= 11 is 1.38. The molecule has 2 rings (SSSR count). The first kappa shape index (κ1) is 17.7. The van der Waals surface area contributed by atoms with Crippen molar-refractivity contribution in [2.24, 2.45) is 5.41 Å². The molecule has 0 spiro atoms. The van der Waals surface area contributed by atoms with Gasteiger partial charge in [0.2, 0.25) is 5.91 Å². The minimum Gasteiger partial charge on any atom is -0.354 e. The number of carbonyl (C=O) groups is 1. The van der Waals surface area contributed by atoms with E-state index in [-0.39, 0.29) is 17.3 Å². The molecular weight excluding hydrogens is 330 g/mol. The maximum Gasteiger partial charge on any atom is 0.225 e. The Bertz CT molecular complexity index is 745. The molecule has 0 bridgehead atoms. The second-order valence-corrected chi connectivity index (χ2v) is 9.43. The van der Waals surface area contributed by atoms with Crippen molar-refractivity contribution in [3.63, 3.8) is 0 Å². The number of nitrogens with one attached hydrogen (secondary N) is 1. The van der Waals surface area contributed by atoms with Gasteiger partial charge in [-0.2, -0.15) is 0 Å². The summed E-state index contributed by atoms with van der Waals surface area (Å²) in [5.74, 6) is -0.165. The van der Waals surface area contributed by atoms with Crippen molar-refractivity contribution in [2.75, 3.05) is 6.54 Å². The Balaban J connectivity index is 2.31. The zero-order valence-electron chi connectivity index (χ0n) is 13.4. The number of hydrogen-bond donors (Lipinski definition) is 1. The summed E-state index contributed by atoms with van der Waals surface area (Å²) in [5, 5.41) is 3.84. The monoisotopic (exact) mass is 351 g/mol. The standard InChI is InChI=1S/C17H21NO3S2/c1-17(2,3)16(19)18-12-15(14-10-7-11-22-14)23(20,21)13-8-5-4-6-9-13/h4-11,15H,12H2,1-3H3,(H,18,19). The van der Waals surface area contributed by atoms with Crippen molar-refractivity contribution in [3.05, 3.63) is 52.7 Å². The number of amides is 1. The van der Waals surface area contributed by atoms with Crippen LogP contribution < -0.4 is 5.32 Å². The van der Waals surface area contributed by atoms with Crippen molar-refractivity contribution >= 4 is 27.1 Å². The van der Waals surface area contributed by atoms with Gasteiger partial charge in [0.15, 0.2) is 9.84 Å². The molecule has 0 radical (unpaired) electrons. The van der Waals surface area contributed by atoms with Gasteiger partial charge in [-0.1, -0.05) is 45.0 Å². The number of thiophene rings is 1. The molecule has 1 unspecified atom stereocenters. The van der Waals surface area contributed by atoms with E-state index in [0.717, 1.165) is 4.88 Å². The van der Waals surface area contributed by atoms with Gasteiger partial charge in [0, 0.05) is 16.8 Å². The third-order valence-corrected chi connectivity index (χ3v) is 6.67. The van der Waals surface area contributed by atoms with Crippen LogP contribution >= 0.6 is 11.3 Å². The largest absolute Gasteiger partial charge is 0.354 e. The molecule has 1 aromatic heterocycles. The van der Waals surface area contributed by atoms with E-state index in [1.165, 1.54) is 11.3 Å². The fraction of sp³-hybridized carbons (Fsp3) is 0.353. The molecule has 0 aliphatic rings. The summed E-state index contributed by atoms with van der Waals surface area (Å²) < 4.78 is 25.9. The molecule has 0 saturated carbocycles. The van der Waals surface area contributed by atoms with E-state index in [1.807, 2.05) is 11.4 Å². The van der Waals surface area contributed by atoms with Gasteiger partial charge in [0.05, 0.1) is 4.90 Å². The molecule has 4 nitrogen and oxygen atoms in total. The summed E-state index contributed by atoms with van der Waals surface area (Å²) in [5.41, 5.74) is -0.559. The average Bonchev–Trinajstić information content (AvgIpc) is 3.01. The highest BCUT2D eigenvalue weighted by Crippen LogP contribution is 2.31. The van der Waals surface area contributed by atoms with Gasteiger partial charge >= 0.3 is 0 Å². The topological polar surface area (TPSA) is 63.2 Å². The zero-order valence-corrected chi connectivity index (χ0v) is 15.1. The highest BCUT2D eigenvalue weighted by atomic mass is 32.2. The van der Waals surface area contributed by atoms with E-state index >= 15 is 0 Å². The van der Waals surface area contributed by atoms with Gasteiger partial charge in [0.1, 0.15) is 5.25 Å². The van der Waals surface area contributed by atoms with E-state index in [2.05, 4.69) is 5.32 Å². The van der Waals surface area contributed by atoms with Crippen molar-refractivity contribution in [3.8, 4) is 0 Å². The third-order valence-electron chi connectivity index (χ3n) is 3.44. The van der Waals surface area contributed by atoms with Crippen molar-refractivity contribution in [1.29, 1.82) is 0 Å². The number of sulfone groups is 1. The molecular formula is C17H21NO3S2. The van der Waals surface area contributed by atoms with Gasteiger partial charge in [-0.25, -0.2) is 8.42 Å². The summed E-state index contributed by atoms with van der Waals surface area (Å²) in [4.78, 5) is 13.1. The minimum absolute atomic E-state index is 0.0633. The quantitative estimate of drug-likeness (QED) is 0.898. The van der Waals surface area contributed by atoms with Crippen LogP contribution in [0, 0.1) is 5.41 Å². The van der Waals surface area contributed by atoms with Crippen LogP contribution in [0.2, 0.25) is 0 Å². The van der Waals surface area contributed by atoms with E-state index in [0.29, 0.717) is 0 Å². The Morgan fingerprint density at radius 3 is 2.30 bits per heavy atom. The average molecular weight is 351 g/mol. The molecule has 2 aromatic rings. The summed E-state index contributed by atoms with van der Waals surface area (Å²) in [6.07, 6.45) is 0. The number of carbonyl (C=O) groups excluding carboxylic acids is 1. The molecule has 1 atom stereocenters. The van der Waals surface area contributed by atoms with Crippen LogP contribution in [-0.2, 0) is 14.6 Å². The van der Waals surface area contributed by atoms with Crippen LogP contribution in [0.1, 0.15) is 30.9 Å². The van der Waals surface area contributed by atoms with E-state index in [9.17, 15) is 13.2 Å². The van der Waals surface area contributed by atoms with Crippen LogP contribution in [0.3, 0.4) is 0 Å². The molecule has 1 aromatic carbocycles. The van der Waals surface area contributed by atoms with Crippen molar-refractivity contribution in [2.45, 2.75) is 30.9 Å². The van der Waals surface area contributed by atoms with Crippen LogP contribution in [0.4, 0.5) is 0 Å². The minimum atomic E-state index is -3.57. The number of rotatable bonds is 5. The van der Waals surface area contributed by atoms with E-state index < -0.39 is 20.5 Å². The predicted octanol–water partition coefficient (Wildman–Crippen LogP) is 3.43. The smallest absolute Gasteiger partial charge is 0.225 e. The SMILES string of the molecule is CC(C)(C)C(=O)NCC(c1cccs1)S(=O)(=O)c1ccccc1. The van der Waals surface area contributed by atoms with Gasteiger partial charge in [-0.15, -0.1) is 11.3 Å². The first-order valence-electron chi connectivity index (χ1n) is 7.33. The Hall–Kier alpha value is -1.66. The maximum atomic E-state index is 12.9. The zero-order chi connectivity index (χ0) is 17.1. The van der Waals surface area contributed by atoms with Crippen molar-refractivity contribution in [1.82, 2.24) is 5.32 Å². The first-order valence-corrected chi connectivity index (χ1v) is 9.76. The van der Waals surface area contributed by atoms with Gasteiger partial charge in [0.25, 0.3) is 0 Å². The lowest BCUT2D eigenvalue weighted by molar-refractivity contribution is -0.128. The first-order chi connectivity index (χ1) is 10.7. The van der Waals surface area contributed by atoms with Crippen LogP contribution in [0.5, 0.6) is 0 Å². The summed E-state index contributed by atoms with van der Waals surface area (Å²) in [7, 11) is -3.57. The highest BCUT2D eigenvalue weighted by Gasteiger charge is 2.31. The highest BCUT2D eigenvalue weighted by molar-refractivity contribution is 7.91. The second kappa shape index (κ2) is 6.84. The number of benzene rings is 1. The molecule has 0 aliphatic heterocycles. The Morgan fingerprint density at radius 2 is 1.78 bits per heavy atom. The molecule has 1 N–H and O–H groups in total. The lowest BCUT2D eigenvalue weighted by Gasteiger charge is -2.21. The normalized spacial score (nSPS) is 13.5. The molecule has 124 valence electrons. The lowest BCUT2D eigenvalue weighted by atomic mass is 9.96. The van der Waals surface area contributed by atoms with E-state index in [4.69, 9.17) is 0 Å². The Labute approximate surface area is 141 Å². The summed E-state index contributed by atoms with van der Waals surface area (Å²) in [6, 6.07) is 12.0. The molecule has 0 fully saturated rings. The van der Waals surface area contributed by atoms with Crippen LogP contribution in [-0.4, -0.2) is 20.9 Å². The third kappa shape index (κ3) is 4.20. The molecule has 0 aliphatic carbocycles. The van der Waals surface area contributed by atoms with E-state index in [1.54, 1.807) is 57.2 Å². The fourth-order valence-electron chi connectivity index (χ4n) is 2.06. The Kier molecular flexibility index (Phi) is 5.26. The van der Waals surface area contributed by atoms with Gasteiger partial charge in [-0.3, -0.25) is 4.79 Å². The van der Waals surface area contributed by atoms with Gasteiger partial charge in [-0.05, 0) is 23.6 Å². The van der Waals surface area contributed by atoms with Crippen LogP contribution in [0.15, 0.2) is 52.7 Å². The second-order valence-electron chi connectivity index (χ2n) is 6.32. The Morgan fingerprint density at radius 1 is 1.13 bits per heavy atom. The molecule has 1 amide bonds. The number of hydrogen-bond acceptors (Lipinski definition) is 4. The molecule has 6 heteroatoms. The predicted molar refractivity (Wildman–Crippen MR) is 93.2 cm³/mol. The maximum absolute atomic E-state index is 12.9. The van der Waals surface area contributed by atoms with Crippen molar-refractivity contribution < 1.29 is 13.2 Å². The molecule has 1 heterocycles. The van der Waals surface area contributed by atoms with Gasteiger partial charge < -0.3 is 5.32 Å². The van der Waals surface area contributed by atoms with Crippen LogP contribution in [0.25, 0.3) is 0 Å². The fourth-order valence-corrected chi connectivity index (χ4v) is 4.87. The molecule has 0 saturated heterocycles. The summed E-state index contributed by atoms with van der Waals surface area (Å²) in [6.45, 7) is 5.46. The molecule has 23 heavy (non-hydrogen) atoms.